The van der Waals surface area contributed by atoms with Gasteiger partial charge in [0, 0.05) is 39.1 Å². The van der Waals surface area contributed by atoms with E-state index in [1.165, 1.54) is 6.42 Å². The summed E-state index contributed by atoms with van der Waals surface area (Å²) in [7, 11) is 0. The number of carbonyl (C=O) groups excluding carboxylic acids is 1. The molecule has 0 N–H and O–H groups in total. The number of hydrogen-bond donors (Lipinski definition) is 0. The van der Waals surface area contributed by atoms with Crippen LogP contribution in [-0.2, 0) is 4.79 Å². The van der Waals surface area contributed by atoms with E-state index in [0.29, 0.717) is 23.4 Å². The van der Waals surface area contributed by atoms with Gasteiger partial charge in [-0.25, -0.2) is 4.98 Å². The zero-order valence-electron chi connectivity index (χ0n) is 17.0. The van der Waals surface area contributed by atoms with E-state index in [9.17, 15) is 4.79 Å². The van der Waals surface area contributed by atoms with Gasteiger partial charge in [0.2, 0.25) is 11.8 Å². The smallest absolute Gasteiger partial charge is 0.268 e. The largest absolute Gasteiger partial charge is 0.415 e. The number of anilines is 1. The Balaban J connectivity index is 0.00000231. The van der Waals surface area contributed by atoms with Gasteiger partial charge < -0.3 is 14.2 Å². The van der Waals surface area contributed by atoms with Gasteiger partial charge in [0.05, 0.1) is 11.9 Å². The molecule has 156 valence electrons. The van der Waals surface area contributed by atoms with E-state index in [-0.39, 0.29) is 7.34 Å². The Morgan fingerprint density at radius 3 is 2.50 bits per heavy atom. The van der Waals surface area contributed by atoms with Crippen LogP contribution in [0.4, 0.5) is 5.82 Å². The van der Waals surface area contributed by atoms with Crippen LogP contribution in [0, 0.1) is 12.8 Å². The van der Waals surface area contributed by atoms with Crippen molar-refractivity contribution in [3.8, 4) is 23.0 Å². The Bertz CT molecular complexity index is 1050. The number of piperazine rings is 1. The van der Waals surface area contributed by atoms with Gasteiger partial charge in [0.1, 0.15) is 5.82 Å². The minimum absolute atomic E-state index is 0. The maximum atomic E-state index is 12.5. The van der Waals surface area contributed by atoms with Crippen molar-refractivity contribution < 1.29 is 10.6 Å². The molecule has 1 aliphatic heterocycles. The van der Waals surface area contributed by atoms with Crippen molar-refractivity contribution in [2.45, 2.75) is 26.2 Å². The molecule has 3 heterocycles. The van der Waals surface area contributed by atoms with Crippen LogP contribution in [-0.4, -0.2) is 57.2 Å². The fraction of sp³-hybridized carbons (Fsp3) is 0.409. The standard InChI is InChI=1S/C22H24N6O2.H2/c1-15-19(21-26-25-20(30-21)16-6-3-2-4-7-16)24-18(14-23-15)27-10-12-28(13-11-27)22(29)17-8-5-9-17;/h2-4,6-7,14,17H,5,8-13H2,1H3;1H. The molecule has 5 rings (SSSR count). The summed E-state index contributed by atoms with van der Waals surface area (Å²) in [6.45, 7) is 4.81. The highest BCUT2D eigenvalue weighted by Crippen LogP contribution is 2.29. The number of aryl methyl sites for hydroxylation is 1. The van der Waals surface area contributed by atoms with Crippen LogP contribution in [0.25, 0.3) is 23.0 Å². The Morgan fingerprint density at radius 2 is 1.80 bits per heavy atom. The molecule has 1 amide bonds. The molecule has 0 radical (unpaired) electrons. The summed E-state index contributed by atoms with van der Waals surface area (Å²) in [4.78, 5) is 25.9. The summed E-state index contributed by atoms with van der Waals surface area (Å²) >= 11 is 0. The molecule has 30 heavy (non-hydrogen) atoms. The van der Waals surface area contributed by atoms with Crippen LogP contribution < -0.4 is 4.90 Å². The summed E-state index contributed by atoms with van der Waals surface area (Å²) in [6, 6.07) is 9.66. The molecule has 1 saturated heterocycles. The SMILES string of the molecule is Cc1ncc(N2CCN(C(=O)C3CCC3)CC2)nc1-c1nnc(-c2ccccc2)o1.[HH]. The average molecular weight is 406 g/mol. The molecule has 0 atom stereocenters. The lowest BCUT2D eigenvalue weighted by Gasteiger charge is -2.38. The summed E-state index contributed by atoms with van der Waals surface area (Å²) < 4.78 is 5.88. The third kappa shape index (κ3) is 3.53. The second kappa shape index (κ2) is 7.85. The van der Waals surface area contributed by atoms with Crippen LogP contribution in [0.3, 0.4) is 0 Å². The fourth-order valence-corrected chi connectivity index (χ4v) is 3.88. The normalized spacial score (nSPS) is 17.1. The first kappa shape index (κ1) is 18.7. The highest BCUT2D eigenvalue weighted by molar-refractivity contribution is 5.79. The molecule has 1 aliphatic carbocycles. The molecule has 0 spiro atoms. The van der Waals surface area contributed by atoms with Crippen molar-refractivity contribution in [1.29, 1.82) is 0 Å². The van der Waals surface area contributed by atoms with Crippen molar-refractivity contribution in [1.82, 2.24) is 25.1 Å². The summed E-state index contributed by atoms with van der Waals surface area (Å²) in [5.41, 5.74) is 2.20. The van der Waals surface area contributed by atoms with Crippen LogP contribution >= 0.6 is 0 Å². The van der Waals surface area contributed by atoms with Crippen LogP contribution in [0.5, 0.6) is 0 Å². The number of benzene rings is 1. The number of nitrogens with zero attached hydrogens (tertiary/aromatic N) is 6. The molecular formula is C22H26N6O2. The van der Waals surface area contributed by atoms with Crippen molar-refractivity contribution in [3.63, 3.8) is 0 Å². The van der Waals surface area contributed by atoms with Crippen LogP contribution in [0.1, 0.15) is 26.4 Å². The van der Waals surface area contributed by atoms with Crippen molar-refractivity contribution in [2.24, 2.45) is 5.92 Å². The highest BCUT2D eigenvalue weighted by atomic mass is 16.4. The summed E-state index contributed by atoms with van der Waals surface area (Å²) in [6.07, 6.45) is 5.04. The fourth-order valence-electron chi connectivity index (χ4n) is 3.88. The van der Waals surface area contributed by atoms with E-state index in [2.05, 4.69) is 20.1 Å². The highest BCUT2D eigenvalue weighted by Gasteiger charge is 2.31. The first-order valence-corrected chi connectivity index (χ1v) is 10.5. The van der Waals surface area contributed by atoms with Gasteiger partial charge in [-0.15, -0.1) is 10.2 Å². The molecule has 8 heteroatoms. The molecule has 2 fully saturated rings. The van der Waals surface area contributed by atoms with E-state index in [1.807, 2.05) is 42.2 Å². The maximum Gasteiger partial charge on any atom is 0.268 e. The van der Waals surface area contributed by atoms with E-state index < -0.39 is 0 Å². The quantitative estimate of drug-likeness (QED) is 0.657. The summed E-state index contributed by atoms with van der Waals surface area (Å²) in [5.74, 6) is 2.15. The predicted molar refractivity (Wildman–Crippen MR) is 114 cm³/mol. The molecule has 0 bridgehead atoms. The Labute approximate surface area is 176 Å². The molecule has 8 nitrogen and oxygen atoms in total. The monoisotopic (exact) mass is 406 g/mol. The van der Waals surface area contributed by atoms with Crippen molar-refractivity contribution >= 4 is 11.7 Å². The van der Waals surface area contributed by atoms with E-state index in [1.54, 1.807) is 6.20 Å². The molecular weight excluding hydrogens is 380 g/mol. The molecule has 1 saturated carbocycles. The average Bonchev–Trinajstić information content (AvgIpc) is 3.24. The molecule has 2 aromatic heterocycles. The number of carbonyl (C=O) groups is 1. The van der Waals surface area contributed by atoms with Gasteiger partial charge in [-0.05, 0) is 31.9 Å². The molecule has 2 aliphatic rings. The number of amides is 1. The van der Waals surface area contributed by atoms with Crippen molar-refractivity contribution in [3.05, 3.63) is 42.2 Å². The topological polar surface area (TPSA) is 88.3 Å². The first-order valence-electron chi connectivity index (χ1n) is 10.5. The Morgan fingerprint density at radius 1 is 1.07 bits per heavy atom. The Kier molecular flexibility index (Phi) is 4.90. The third-order valence-corrected chi connectivity index (χ3v) is 5.96. The maximum absolute atomic E-state index is 12.5. The summed E-state index contributed by atoms with van der Waals surface area (Å²) in [5, 5.41) is 8.35. The second-order valence-electron chi connectivity index (χ2n) is 7.88. The van der Waals surface area contributed by atoms with E-state index in [4.69, 9.17) is 9.40 Å². The van der Waals surface area contributed by atoms with Gasteiger partial charge >= 0.3 is 0 Å². The lowest BCUT2D eigenvalue weighted by atomic mass is 9.84. The van der Waals surface area contributed by atoms with E-state index >= 15 is 0 Å². The van der Waals surface area contributed by atoms with Gasteiger partial charge in [0.15, 0.2) is 5.69 Å². The molecule has 1 aromatic carbocycles. The lowest BCUT2D eigenvalue weighted by Crippen LogP contribution is -2.51. The number of rotatable bonds is 4. The zero-order chi connectivity index (χ0) is 20.5. The minimum atomic E-state index is 0. The van der Waals surface area contributed by atoms with Gasteiger partial charge in [-0.3, -0.25) is 9.78 Å². The van der Waals surface area contributed by atoms with Gasteiger partial charge in [0.25, 0.3) is 5.89 Å². The zero-order valence-corrected chi connectivity index (χ0v) is 17.0. The second-order valence-corrected chi connectivity index (χ2v) is 7.88. The van der Waals surface area contributed by atoms with Crippen molar-refractivity contribution in [2.75, 3.05) is 31.1 Å². The third-order valence-electron chi connectivity index (χ3n) is 5.96. The van der Waals surface area contributed by atoms with Crippen LogP contribution in [0.15, 0.2) is 40.9 Å². The van der Waals surface area contributed by atoms with Crippen LogP contribution in [0.2, 0.25) is 0 Å². The lowest BCUT2D eigenvalue weighted by molar-refractivity contribution is -0.138. The first-order chi connectivity index (χ1) is 14.7. The molecule has 0 unspecified atom stereocenters. The minimum Gasteiger partial charge on any atom is -0.415 e. The number of aromatic nitrogens is 4. The molecule has 3 aromatic rings. The predicted octanol–water partition coefficient (Wildman–Crippen LogP) is 3.20. The number of hydrogen-bond acceptors (Lipinski definition) is 7. The van der Waals surface area contributed by atoms with Gasteiger partial charge in [-0.2, -0.15) is 0 Å². The Hall–Kier alpha value is -3.29. The van der Waals surface area contributed by atoms with Gasteiger partial charge in [-0.1, -0.05) is 24.6 Å². The van der Waals surface area contributed by atoms with E-state index in [0.717, 1.165) is 56.1 Å².